The lowest BCUT2D eigenvalue weighted by Crippen LogP contribution is -2.75. The Morgan fingerprint density at radius 1 is 0.825 bits per heavy atom. The zero-order valence-electron chi connectivity index (χ0n) is 21.0. The van der Waals surface area contributed by atoms with Gasteiger partial charge < -0.3 is 24.8 Å². The summed E-state index contributed by atoms with van der Waals surface area (Å²) in [6.07, 6.45) is -18.2. The molecule has 2 N–H and O–H groups in total. The van der Waals surface area contributed by atoms with Gasteiger partial charge in [0.15, 0.2) is 0 Å². The van der Waals surface area contributed by atoms with Crippen molar-refractivity contribution >= 4 is 17.6 Å². The van der Waals surface area contributed by atoms with Crippen LogP contribution >= 0.6 is 0 Å². The van der Waals surface area contributed by atoms with Crippen LogP contribution < -0.4 is 15.0 Å². The molecule has 1 atom stereocenters. The van der Waals surface area contributed by atoms with E-state index < -0.39 is 70.0 Å². The molecule has 0 bridgehead atoms. The molecular formula is C24H23F9N2O5. The zero-order valence-corrected chi connectivity index (χ0v) is 21.0. The normalized spacial score (nSPS) is 14.2. The van der Waals surface area contributed by atoms with E-state index in [1.54, 1.807) is 0 Å². The Balaban J connectivity index is 2.67. The van der Waals surface area contributed by atoms with Gasteiger partial charge in [0.1, 0.15) is 5.75 Å². The van der Waals surface area contributed by atoms with Gasteiger partial charge in [0.2, 0.25) is 0 Å². The Kier molecular flexibility index (Phi) is 9.29. The number of nitrogens with one attached hydrogen (secondary N) is 1. The third kappa shape index (κ3) is 5.76. The molecule has 2 aromatic carbocycles. The summed E-state index contributed by atoms with van der Waals surface area (Å²) in [4.78, 5) is 24.3. The number of carbonyl (C=O) groups is 2. The molecule has 0 spiro atoms. The smallest absolute Gasteiger partial charge is 0.439 e. The van der Waals surface area contributed by atoms with Gasteiger partial charge >= 0.3 is 30.2 Å². The van der Waals surface area contributed by atoms with Crippen LogP contribution in [-0.2, 0) is 15.1 Å². The maximum Gasteiger partial charge on any atom is 0.439 e. The first-order valence-corrected chi connectivity index (χ1v) is 11.3. The summed E-state index contributed by atoms with van der Waals surface area (Å²) in [5, 5.41) is 11.1. The lowest BCUT2D eigenvalue weighted by molar-refractivity contribution is -0.302. The summed E-state index contributed by atoms with van der Waals surface area (Å²) in [6.45, 7) is 1.95. The highest BCUT2D eigenvalue weighted by atomic mass is 19.4. The Labute approximate surface area is 221 Å². The van der Waals surface area contributed by atoms with Crippen molar-refractivity contribution in [3.8, 4) is 5.75 Å². The van der Waals surface area contributed by atoms with E-state index in [9.17, 15) is 54.2 Å². The SMILES string of the molecule is CCOC(=O)C(O)(c1ccc(N(C)C(NC(=O)c2ccccc2OCC)(C(F)(F)F)C(F)(F)F)cc1)C(F)(F)F. The van der Waals surface area contributed by atoms with Gasteiger partial charge in [-0.3, -0.25) is 4.79 Å². The van der Waals surface area contributed by atoms with E-state index >= 15 is 0 Å². The average molecular weight is 590 g/mol. The quantitative estimate of drug-likeness (QED) is 0.241. The summed E-state index contributed by atoms with van der Waals surface area (Å²) < 4.78 is 136. The van der Waals surface area contributed by atoms with Gasteiger partial charge in [0.25, 0.3) is 11.5 Å². The van der Waals surface area contributed by atoms with Crippen molar-refractivity contribution in [1.82, 2.24) is 5.32 Å². The van der Waals surface area contributed by atoms with E-state index in [-0.39, 0.29) is 12.4 Å². The maximum atomic E-state index is 14.3. The molecule has 16 heteroatoms. The van der Waals surface area contributed by atoms with Crippen LogP contribution in [0.5, 0.6) is 5.75 Å². The van der Waals surface area contributed by atoms with Crippen LogP contribution in [0.1, 0.15) is 29.8 Å². The van der Waals surface area contributed by atoms with Crippen LogP contribution in [0.15, 0.2) is 48.5 Å². The molecule has 0 aromatic heterocycles. The Hall–Kier alpha value is -3.69. The number of aliphatic hydroxyl groups is 1. The number of para-hydroxylation sites is 1. The molecule has 1 amide bonds. The second kappa shape index (κ2) is 11.4. The Morgan fingerprint density at radius 3 is 1.80 bits per heavy atom. The van der Waals surface area contributed by atoms with Gasteiger partial charge in [0.05, 0.1) is 18.8 Å². The second-order valence-corrected chi connectivity index (χ2v) is 8.12. The predicted octanol–water partition coefficient (Wildman–Crippen LogP) is 5.09. The molecule has 40 heavy (non-hydrogen) atoms. The van der Waals surface area contributed by atoms with Crippen LogP contribution in [0.3, 0.4) is 0 Å². The molecule has 0 radical (unpaired) electrons. The van der Waals surface area contributed by atoms with Crippen molar-refractivity contribution in [3.63, 3.8) is 0 Å². The minimum Gasteiger partial charge on any atom is -0.493 e. The highest BCUT2D eigenvalue weighted by Crippen LogP contribution is 2.47. The van der Waals surface area contributed by atoms with Crippen LogP contribution in [-0.4, -0.2) is 61.4 Å². The molecule has 0 aliphatic carbocycles. The van der Waals surface area contributed by atoms with Crippen LogP contribution in [0, 0.1) is 0 Å². The Morgan fingerprint density at radius 2 is 1.35 bits per heavy atom. The molecule has 1 unspecified atom stereocenters. The van der Waals surface area contributed by atoms with E-state index in [0.29, 0.717) is 31.3 Å². The highest BCUT2D eigenvalue weighted by molar-refractivity contribution is 5.97. The molecular weight excluding hydrogens is 567 g/mol. The number of carbonyl (C=O) groups excluding carboxylic acids is 2. The van der Waals surface area contributed by atoms with Crippen molar-refractivity contribution in [2.45, 2.75) is 43.6 Å². The molecule has 0 aliphatic heterocycles. The summed E-state index contributed by atoms with van der Waals surface area (Å²) in [5.74, 6) is -4.29. The van der Waals surface area contributed by atoms with Gasteiger partial charge in [-0.05, 0) is 38.1 Å². The third-order valence-corrected chi connectivity index (χ3v) is 5.70. The summed E-state index contributed by atoms with van der Waals surface area (Å²) >= 11 is 0. The van der Waals surface area contributed by atoms with Crippen molar-refractivity contribution in [2.75, 3.05) is 25.2 Å². The number of ether oxygens (including phenoxy) is 2. The van der Waals surface area contributed by atoms with Gasteiger partial charge in [-0.2, -0.15) is 39.5 Å². The summed E-state index contributed by atoms with van der Waals surface area (Å²) in [7, 11) is 0.298. The topological polar surface area (TPSA) is 88.1 Å². The third-order valence-electron chi connectivity index (χ3n) is 5.70. The van der Waals surface area contributed by atoms with Gasteiger partial charge in [-0.15, -0.1) is 0 Å². The minimum absolute atomic E-state index is 0.0731. The molecule has 0 aliphatic rings. The van der Waals surface area contributed by atoms with Crippen molar-refractivity contribution in [2.24, 2.45) is 0 Å². The fraction of sp³-hybridized carbons (Fsp3) is 0.417. The second-order valence-electron chi connectivity index (χ2n) is 8.12. The number of halogens is 9. The molecule has 0 fully saturated rings. The maximum absolute atomic E-state index is 14.3. The van der Waals surface area contributed by atoms with Crippen LogP contribution in [0.25, 0.3) is 0 Å². The van der Waals surface area contributed by atoms with E-state index in [1.807, 2.05) is 0 Å². The fourth-order valence-electron chi connectivity index (χ4n) is 3.69. The molecule has 0 heterocycles. The predicted molar refractivity (Wildman–Crippen MR) is 121 cm³/mol. The van der Waals surface area contributed by atoms with Crippen molar-refractivity contribution < 1.29 is 63.7 Å². The number of alkyl halides is 9. The molecule has 2 aromatic rings. The average Bonchev–Trinajstić information content (AvgIpc) is 2.84. The standard InChI is InChI=1S/C24H23F9N2O5/c1-4-39-17-9-7-6-8-16(17)18(36)34-21(23(28,29)30,24(31,32)33)35(3)15-12-10-14(11-13-15)20(38,22(25,26)27)19(37)40-5-2/h6-13,38H,4-5H2,1-3H3,(H,34,36). The monoisotopic (exact) mass is 590 g/mol. The number of rotatable bonds is 9. The van der Waals surface area contributed by atoms with Crippen molar-refractivity contribution in [3.05, 3.63) is 59.7 Å². The summed E-state index contributed by atoms with van der Waals surface area (Å²) in [6, 6.07) is 5.94. The number of nitrogens with zero attached hydrogens (tertiary/aromatic N) is 1. The summed E-state index contributed by atoms with van der Waals surface area (Å²) in [5.41, 5.74) is -12.3. The molecule has 7 nitrogen and oxygen atoms in total. The first-order valence-electron chi connectivity index (χ1n) is 11.3. The van der Waals surface area contributed by atoms with E-state index in [0.717, 1.165) is 24.4 Å². The fourth-order valence-corrected chi connectivity index (χ4v) is 3.69. The highest BCUT2D eigenvalue weighted by Gasteiger charge is 2.75. The number of esters is 1. The van der Waals surface area contributed by atoms with E-state index in [1.165, 1.54) is 19.1 Å². The van der Waals surface area contributed by atoms with Gasteiger partial charge in [0, 0.05) is 18.3 Å². The molecule has 0 saturated heterocycles. The number of hydrogen-bond acceptors (Lipinski definition) is 6. The van der Waals surface area contributed by atoms with Gasteiger partial charge in [-0.1, -0.05) is 24.3 Å². The minimum atomic E-state index is -6.24. The Bertz CT molecular complexity index is 1180. The van der Waals surface area contributed by atoms with E-state index in [2.05, 4.69) is 4.74 Å². The lowest BCUT2D eigenvalue weighted by atomic mass is 9.92. The number of amides is 1. The first kappa shape index (κ1) is 32.5. The first-order chi connectivity index (χ1) is 18.3. The van der Waals surface area contributed by atoms with E-state index in [4.69, 9.17) is 4.74 Å². The molecule has 0 saturated carbocycles. The number of anilines is 1. The molecule has 222 valence electrons. The lowest BCUT2D eigenvalue weighted by Gasteiger charge is -2.45. The number of hydrogen-bond donors (Lipinski definition) is 2. The van der Waals surface area contributed by atoms with Crippen LogP contribution in [0.2, 0.25) is 0 Å². The zero-order chi connectivity index (χ0) is 30.7. The number of benzene rings is 2. The largest absolute Gasteiger partial charge is 0.493 e. The van der Waals surface area contributed by atoms with Crippen LogP contribution in [0.4, 0.5) is 45.2 Å². The molecule has 2 rings (SSSR count). The van der Waals surface area contributed by atoms with Crippen molar-refractivity contribution in [1.29, 1.82) is 0 Å². The van der Waals surface area contributed by atoms with Gasteiger partial charge in [-0.25, -0.2) is 4.79 Å².